The topological polar surface area (TPSA) is 75.4 Å². The molecule has 0 bridgehead atoms. The van der Waals surface area contributed by atoms with E-state index in [-0.39, 0.29) is 11.8 Å². The van der Waals surface area contributed by atoms with Gasteiger partial charge in [0.15, 0.2) is 0 Å². The lowest BCUT2D eigenvalue weighted by atomic mass is 9.81. The Kier molecular flexibility index (Phi) is 5.42. The highest BCUT2D eigenvalue weighted by molar-refractivity contribution is 5.97. The number of hydrogen-bond acceptors (Lipinski definition) is 3. The van der Waals surface area contributed by atoms with Gasteiger partial charge in [-0.2, -0.15) is 0 Å². The van der Waals surface area contributed by atoms with E-state index in [1.807, 2.05) is 32.0 Å². The van der Waals surface area contributed by atoms with Crippen LogP contribution in [0.25, 0.3) is 0 Å². The first-order valence-corrected chi connectivity index (χ1v) is 8.40. The number of aryl methyl sites for hydroxylation is 1. The van der Waals surface area contributed by atoms with Gasteiger partial charge >= 0.3 is 0 Å². The summed E-state index contributed by atoms with van der Waals surface area (Å²) in [6.45, 7) is 6.68. The molecule has 1 heterocycles. The standard InChI is InChI=1S/C18H27N3O2/c1-4-18(5-2,12-19)17(23)20-15-8-9-16-14(11-15)7-6-10-21(16)13(3)22/h8-9,11H,4-7,10,12,19H2,1-3H3,(H,20,23). The van der Waals surface area contributed by atoms with E-state index in [1.54, 1.807) is 11.8 Å². The molecule has 1 aliphatic rings. The van der Waals surface area contributed by atoms with Crippen molar-refractivity contribution >= 4 is 23.2 Å². The SMILES string of the molecule is CCC(CC)(CN)C(=O)Nc1ccc2c(c1)CCCN2C(C)=O. The molecule has 5 nitrogen and oxygen atoms in total. The molecule has 1 aliphatic heterocycles. The van der Waals surface area contributed by atoms with Gasteiger partial charge in [0.2, 0.25) is 11.8 Å². The van der Waals surface area contributed by atoms with E-state index in [0.717, 1.165) is 49.2 Å². The molecule has 23 heavy (non-hydrogen) atoms. The molecule has 0 saturated heterocycles. The Labute approximate surface area is 138 Å². The molecule has 2 rings (SSSR count). The Bertz CT molecular complexity index is 586. The van der Waals surface area contributed by atoms with Crippen LogP contribution < -0.4 is 16.0 Å². The van der Waals surface area contributed by atoms with Crippen molar-refractivity contribution in [3.05, 3.63) is 23.8 Å². The van der Waals surface area contributed by atoms with Crippen molar-refractivity contribution < 1.29 is 9.59 Å². The number of hydrogen-bond donors (Lipinski definition) is 2. The molecule has 0 radical (unpaired) electrons. The third-order valence-corrected chi connectivity index (χ3v) is 5.06. The third kappa shape index (κ3) is 3.39. The van der Waals surface area contributed by atoms with Crippen molar-refractivity contribution in [2.24, 2.45) is 11.1 Å². The molecule has 5 heteroatoms. The quantitative estimate of drug-likeness (QED) is 0.876. The summed E-state index contributed by atoms with van der Waals surface area (Å²) in [6, 6.07) is 5.77. The molecule has 0 atom stereocenters. The average molecular weight is 317 g/mol. The van der Waals surface area contributed by atoms with Crippen LogP contribution in [0.5, 0.6) is 0 Å². The Balaban J connectivity index is 2.23. The average Bonchev–Trinajstić information content (AvgIpc) is 2.56. The van der Waals surface area contributed by atoms with E-state index in [2.05, 4.69) is 5.32 Å². The minimum Gasteiger partial charge on any atom is -0.329 e. The van der Waals surface area contributed by atoms with Gasteiger partial charge in [-0.15, -0.1) is 0 Å². The summed E-state index contributed by atoms with van der Waals surface area (Å²) in [6.07, 6.45) is 3.30. The number of carbonyl (C=O) groups excluding carboxylic acids is 2. The van der Waals surface area contributed by atoms with Crippen LogP contribution in [0.3, 0.4) is 0 Å². The second-order valence-corrected chi connectivity index (χ2v) is 6.26. The van der Waals surface area contributed by atoms with Crippen molar-refractivity contribution in [1.29, 1.82) is 0 Å². The summed E-state index contributed by atoms with van der Waals surface area (Å²) in [5, 5.41) is 3.01. The molecule has 0 spiro atoms. The summed E-state index contributed by atoms with van der Waals surface area (Å²) >= 11 is 0. The molecule has 0 fully saturated rings. The lowest BCUT2D eigenvalue weighted by molar-refractivity contribution is -0.125. The summed E-state index contributed by atoms with van der Waals surface area (Å²) < 4.78 is 0. The minimum absolute atomic E-state index is 0.0239. The largest absolute Gasteiger partial charge is 0.329 e. The number of amides is 2. The van der Waals surface area contributed by atoms with Gasteiger partial charge in [0.05, 0.1) is 5.41 Å². The maximum atomic E-state index is 12.6. The third-order valence-electron chi connectivity index (χ3n) is 5.06. The van der Waals surface area contributed by atoms with E-state index in [4.69, 9.17) is 5.73 Å². The van der Waals surface area contributed by atoms with Crippen molar-refractivity contribution in [2.75, 3.05) is 23.3 Å². The monoisotopic (exact) mass is 317 g/mol. The fraction of sp³-hybridized carbons (Fsp3) is 0.556. The van der Waals surface area contributed by atoms with Crippen LogP contribution in [0, 0.1) is 5.41 Å². The Morgan fingerprint density at radius 2 is 2.00 bits per heavy atom. The number of nitrogens with zero attached hydrogens (tertiary/aromatic N) is 1. The molecule has 1 aromatic carbocycles. The molecule has 3 N–H and O–H groups in total. The highest BCUT2D eigenvalue weighted by Gasteiger charge is 2.33. The number of carbonyl (C=O) groups is 2. The second-order valence-electron chi connectivity index (χ2n) is 6.26. The summed E-state index contributed by atoms with van der Waals surface area (Å²) in [5.74, 6) is 0.0334. The lowest BCUT2D eigenvalue weighted by Crippen LogP contribution is -2.41. The van der Waals surface area contributed by atoms with Crippen molar-refractivity contribution in [2.45, 2.75) is 46.5 Å². The van der Waals surface area contributed by atoms with Gasteiger partial charge in [-0.05, 0) is 49.4 Å². The fourth-order valence-corrected chi connectivity index (χ4v) is 3.22. The van der Waals surface area contributed by atoms with Crippen molar-refractivity contribution in [3.63, 3.8) is 0 Å². The van der Waals surface area contributed by atoms with Gasteiger partial charge in [0.1, 0.15) is 0 Å². The predicted octanol–water partition coefficient (Wildman–Crippen LogP) is 2.69. The number of rotatable bonds is 5. The Morgan fingerprint density at radius 3 is 2.57 bits per heavy atom. The summed E-state index contributed by atoms with van der Waals surface area (Å²) in [7, 11) is 0. The van der Waals surface area contributed by atoms with Gasteiger partial charge in [-0.3, -0.25) is 9.59 Å². The smallest absolute Gasteiger partial charge is 0.231 e. The van der Waals surface area contributed by atoms with E-state index < -0.39 is 5.41 Å². The zero-order valence-electron chi connectivity index (χ0n) is 14.3. The first-order valence-electron chi connectivity index (χ1n) is 8.40. The normalized spacial score (nSPS) is 14.3. The van der Waals surface area contributed by atoms with E-state index in [0.29, 0.717) is 6.54 Å². The van der Waals surface area contributed by atoms with Gasteiger partial charge in [-0.1, -0.05) is 13.8 Å². The summed E-state index contributed by atoms with van der Waals surface area (Å²) in [5.41, 5.74) is 8.17. The van der Waals surface area contributed by atoms with E-state index in [1.165, 1.54) is 0 Å². The highest BCUT2D eigenvalue weighted by atomic mass is 16.2. The van der Waals surface area contributed by atoms with Gasteiger partial charge in [-0.25, -0.2) is 0 Å². The highest BCUT2D eigenvalue weighted by Crippen LogP contribution is 2.31. The van der Waals surface area contributed by atoms with Crippen LogP contribution in [0.4, 0.5) is 11.4 Å². The zero-order valence-corrected chi connectivity index (χ0v) is 14.3. The molecule has 126 valence electrons. The van der Waals surface area contributed by atoms with Crippen LogP contribution in [0.15, 0.2) is 18.2 Å². The number of anilines is 2. The molecule has 2 amide bonds. The van der Waals surface area contributed by atoms with Gasteiger partial charge in [0.25, 0.3) is 0 Å². The summed E-state index contributed by atoms with van der Waals surface area (Å²) in [4.78, 5) is 26.1. The van der Waals surface area contributed by atoms with Crippen LogP contribution in [0.1, 0.15) is 45.6 Å². The maximum absolute atomic E-state index is 12.6. The van der Waals surface area contributed by atoms with Crippen LogP contribution in [-0.2, 0) is 16.0 Å². The van der Waals surface area contributed by atoms with E-state index >= 15 is 0 Å². The lowest BCUT2D eigenvalue weighted by Gasteiger charge is -2.30. The maximum Gasteiger partial charge on any atom is 0.231 e. The Hall–Kier alpha value is -1.88. The van der Waals surface area contributed by atoms with E-state index in [9.17, 15) is 9.59 Å². The van der Waals surface area contributed by atoms with Crippen LogP contribution in [0.2, 0.25) is 0 Å². The molecule has 1 aromatic rings. The van der Waals surface area contributed by atoms with Crippen LogP contribution in [-0.4, -0.2) is 24.9 Å². The molecular formula is C18H27N3O2. The number of benzene rings is 1. The second kappa shape index (κ2) is 7.13. The first-order chi connectivity index (χ1) is 11.0. The van der Waals surface area contributed by atoms with Crippen molar-refractivity contribution in [1.82, 2.24) is 0 Å². The van der Waals surface area contributed by atoms with Gasteiger partial charge < -0.3 is 16.0 Å². The molecular weight excluding hydrogens is 290 g/mol. The number of fused-ring (bicyclic) bond motifs is 1. The predicted molar refractivity (Wildman–Crippen MR) is 93.5 cm³/mol. The first kappa shape index (κ1) is 17.5. The number of nitrogens with two attached hydrogens (primary N) is 1. The van der Waals surface area contributed by atoms with Crippen molar-refractivity contribution in [3.8, 4) is 0 Å². The molecule has 0 aromatic heterocycles. The van der Waals surface area contributed by atoms with Crippen LogP contribution >= 0.6 is 0 Å². The fourth-order valence-electron chi connectivity index (χ4n) is 3.22. The zero-order chi connectivity index (χ0) is 17.0. The molecule has 0 saturated carbocycles. The molecule has 0 unspecified atom stereocenters. The minimum atomic E-state index is -0.513. The van der Waals surface area contributed by atoms with Gasteiger partial charge in [0, 0.05) is 31.4 Å². The number of nitrogens with one attached hydrogen (secondary N) is 1. The molecule has 0 aliphatic carbocycles. The Morgan fingerprint density at radius 1 is 1.30 bits per heavy atom.